The van der Waals surface area contributed by atoms with Crippen molar-refractivity contribution in [2.75, 3.05) is 0 Å². The van der Waals surface area contributed by atoms with Crippen molar-refractivity contribution in [1.82, 2.24) is 0 Å². The van der Waals surface area contributed by atoms with Crippen molar-refractivity contribution >= 4 is 0 Å². The number of hydrogen-bond donors (Lipinski definition) is 0. The summed E-state index contributed by atoms with van der Waals surface area (Å²) in [5.41, 5.74) is 0. The van der Waals surface area contributed by atoms with Gasteiger partial charge in [0.05, 0.1) is 12.2 Å². The van der Waals surface area contributed by atoms with Crippen LogP contribution < -0.4 is 0 Å². The van der Waals surface area contributed by atoms with Crippen LogP contribution >= 0.6 is 0 Å². The highest BCUT2D eigenvalue weighted by atomic mass is 16.5. The molecule has 3 fully saturated rings. The Morgan fingerprint density at radius 1 is 0.857 bits per heavy atom. The number of ether oxygens (including phenoxy) is 1. The summed E-state index contributed by atoms with van der Waals surface area (Å²) in [5.74, 6) is 2.71. The van der Waals surface area contributed by atoms with Crippen LogP contribution in [0.15, 0.2) is 0 Å². The van der Waals surface area contributed by atoms with E-state index < -0.39 is 0 Å². The molecule has 1 heteroatoms. The Bertz CT molecular complexity index is 211. The zero-order valence-electron chi connectivity index (χ0n) is 9.24. The molecular weight excluding hydrogens is 172 g/mol. The summed E-state index contributed by atoms with van der Waals surface area (Å²) in [6, 6.07) is 0. The van der Waals surface area contributed by atoms with Gasteiger partial charge < -0.3 is 4.74 Å². The van der Waals surface area contributed by atoms with E-state index in [-0.39, 0.29) is 0 Å². The quantitative estimate of drug-likeness (QED) is 0.574. The van der Waals surface area contributed by atoms with E-state index >= 15 is 0 Å². The molecule has 0 radical (unpaired) electrons. The zero-order valence-corrected chi connectivity index (χ0v) is 9.24. The SMILES string of the molecule is CC1CCCC2C3CCCCC3OC12. The van der Waals surface area contributed by atoms with Crippen molar-refractivity contribution in [1.29, 1.82) is 0 Å². The maximum absolute atomic E-state index is 6.28. The van der Waals surface area contributed by atoms with Gasteiger partial charge in [-0.2, -0.15) is 0 Å². The number of hydrogen-bond acceptors (Lipinski definition) is 1. The zero-order chi connectivity index (χ0) is 9.54. The molecule has 0 aromatic carbocycles. The third kappa shape index (κ3) is 1.32. The summed E-state index contributed by atoms with van der Waals surface area (Å²) in [5, 5.41) is 0. The lowest BCUT2D eigenvalue weighted by Gasteiger charge is -2.32. The molecule has 2 aliphatic carbocycles. The summed E-state index contributed by atoms with van der Waals surface area (Å²) in [4.78, 5) is 0. The smallest absolute Gasteiger partial charge is 0.0636 e. The van der Waals surface area contributed by atoms with Crippen LogP contribution in [0, 0.1) is 17.8 Å². The first kappa shape index (κ1) is 9.21. The first-order chi connectivity index (χ1) is 6.86. The van der Waals surface area contributed by atoms with Gasteiger partial charge in [0, 0.05) is 0 Å². The molecule has 80 valence electrons. The summed E-state index contributed by atoms with van der Waals surface area (Å²) in [6.07, 6.45) is 11.3. The van der Waals surface area contributed by atoms with Crippen LogP contribution in [0.4, 0.5) is 0 Å². The third-order valence-electron chi connectivity index (χ3n) is 4.82. The molecule has 0 amide bonds. The van der Waals surface area contributed by atoms with E-state index in [9.17, 15) is 0 Å². The van der Waals surface area contributed by atoms with Gasteiger partial charge in [-0.3, -0.25) is 0 Å². The molecule has 14 heavy (non-hydrogen) atoms. The largest absolute Gasteiger partial charge is 0.374 e. The summed E-state index contributed by atoms with van der Waals surface area (Å²) >= 11 is 0. The van der Waals surface area contributed by atoms with E-state index in [1.807, 2.05) is 0 Å². The van der Waals surface area contributed by atoms with Crippen molar-refractivity contribution in [3.8, 4) is 0 Å². The van der Waals surface area contributed by atoms with Crippen LogP contribution in [0.1, 0.15) is 51.9 Å². The molecule has 1 heterocycles. The highest BCUT2D eigenvalue weighted by Gasteiger charge is 2.47. The van der Waals surface area contributed by atoms with Crippen molar-refractivity contribution in [3.05, 3.63) is 0 Å². The van der Waals surface area contributed by atoms with Gasteiger partial charge in [-0.1, -0.05) is 26.2 Å². The maximum atomic E-state index is 6.28. The topological polar surface area (TPSA) is 9.23 Å². The molecule has 3 aliphatic rings. The van der Waals surface area contributed by atoms with Gasteiger partial charge in [0.2, 0.25) is 0 Å². The highest BCUT2D eigenvalue weighted by Crippen LogP contribution is 2.48. The Hall–Kier alpha value is -0.0400. The molecule has 0 bridgehead atoms. The van der Waals surface area contributed by atoms with Crippen molar-refractivity contribution in [2.24, 2.45) is 17.8 Å². The molecule has 0 aromatic rings. The van der Waals surface area contributed by atoms with Gasteiger partial charge in [-0.05, 0) is 43.4 Å². The van der Waals surface area contributed by atoms with Gasteiger partial charge in [0.25, 0.3) is 0 Å². The normalized spacial score (nSPS) is 52.5. The first-order valence-electron chi connectivity index (χ1n) is 6.52. The van der Waals surface area contributed by atoms with Gasteiger partial charge in [0.1, 0.15) is 0 Å². The molecule has 5 atom stereocenters. The molecule has 0 spiro atoms. The van der Waals surface area contributed by atoms with Gasteiger partial charge in [-0.25, -0.2) is 0 Å². The molecule has 3 rings (SSSR count). The van der Waals surface area contributed by atoms with Crippen LogP contribution in [0.25, 0.3) is 0 Å². The second-order valence-electron chi connectivity index (χ2n) is 5.66. The van der Waals surface area contributed by atoms with E-state index in [0.717, 1.165) is 17.8 Å². The number of rotatable bonds is 0. The summed E-state index contributed by atoms with van der Waals surface area (Å²) in [6.45, 7) is 2.40. The minimum absolute atomic E-state index is 0.636. The standard InChI is InChI=1S/C13H22O/c1-9-5-4-7-11-10-6-2-3-8-12(10)14-13(9)11/h9-13H,2-8H2,1H3. The fourth-order valence-electron chi connectivity index (χ4n) is 4.10. The molecular formula is C13H22O. The lowest BCUT2D eigenvalue weighted by molar-refractivity contribution is -0.0199. The van der Waals surface area contributed by atoms with Crippen molar-refractivity contribution in [3.63, 3.8) is 0 Å². The second-order valence-corrected chi connectivity index (χ2v) is 5.66. The predicted molar refractivity (Wildman–Crippen MR) is 57.1 cm³/mol. The van der Waals surface area contributed by atoms with Crippen LogP contribution in [-0.4, -0.2) is 12.2 Å². The third-order valence-corrected chi connectivity index (χ3v) is 4.82. The van der Waals surface area contributed by atoms with Gasteiger partial charge in [-0.15, -0.1) is 0 Å². The molecule has 5 unspecified atom stereocenters. The van der Waals surface area contributed by atoms with Gasteiger partial charge in [0.15, 0.2) is 0 Å². The average Bonchev–Trinajstić information content (AvgIpc) is 2.59. The molecule has 1 saturated heterocycles. The molecule has 0 aromatic heterocycles. The average molecular weight is 194 g/mol. The monoisotopic (exact) mass is 194 g/mol. The fraction of sp³-hybridized carbons (Fsp3) is 1.00. The Labute approximate surface area is 87.2 Å². The Morgan fingerprint density at radius 2 is 1.64 bits per heavy atom. The summed E-state index contributed by atoms with van der Waals surface area (Å²) in [7, 11) is 0. The molecule has 1 aliphatic heterocycles. The van der Waals surface area contributed by atoms with E-state index in [2.05, 4.69) is 6.92 Å². The Balaban J connectivity index is 1.79. The minimum Gasteiger partial charge on any atom is -0.374 e. The second kappa shape index (κ2) is 3.52. The maximum Gasteiger partial charge on any atom is 0.0636 e. The summed E-state index contributed by atoms with van der Waals surface area (Å²) < 4.78 is 6.28. The first-order valence-corrected chi connectivity index (χ1v) is 6.52. The van der Waals surface area contributed by atoms with Crippen LogP contribution in [0.2, 0.25) is 0 Å². The number of fused-ring (bicyclic) bond motifs is 3. The fourth-order valence-corrected chi connectivity index (χ4v) is 4.10. The van der Waals surface area contributed by atoms with Crippen LogP contribution in [-0.2, 0) is 4.74 Å². The lowest BCUT2D eigenvalue weighted by Crippen LogP contribution is -2.31. The molecule has 1 nitrogen and oxygen atoms in total. The van der Waals surface area contributed by atoms with Crippen LogP contribution in [0.5, 0.6) is 0 Å². The molecule has 2 saturated carbocycles. The van der Waals surface area contributed by atoms with Crippen LogP contribution in [0.3, 0.4) is 0 Å². The van der Waals surface area contributed by atoms with E-state index in [4.69, 9.17) is 4.74 Å². The Morgan fingerprint density at radius 3 is 2.57 bits per heavy atom. The van der Waals surface area contributed by atoms with Crippen molar-refractivity contribution < 1.29 is 4.74 Å². The van der Waals surface area contributed by atoms with Crippen molar-refractivity contribution in [2.45, 2.75) is 64.1 Å². The van der Waals surface area contributed by atoms with Gasteiger partial charge >= 0.3 is 0 Å². The van der Waals surface area contributed by atoms with E-state index in [1.54, 1.807) is 0 Å². The predicted octanol–water partition coefficient (Wildman–Crippen LogP) is 3.38. The Kier molecular flexibility index (Phi) is 2.31. The highest BCUT2D eigenvalue weighted by molar-refractivity contribution is 4.96. The van der Waals surface area contributed by atoms with E-state index in [1.165, 1.54) is 44.9 Å². The minimum atomic E-state index is 0.636. The molecule has 0 N–H and O–H groups in total. The van der Waals surface area contributed by atoms with E-state index in [0.29, 0.717) is 12.2 Å². The lowest BCUT2D eigenvalue weighted by atomic mass is 9.71.